The van der Waals surface area contributed by atoms with Gasteiger partial charge in [0.2, 0.25) is 0 Å². The number of fused-ring (bicyclic) bond motifs is 17. The molecule has 3 heterocycles. The summed E-state index contributed by atoms with van der Waals surface area (Å²) in [6, 6.07) is 83.5. The molecule has 0 N–H and O–H groups in total. The second-order valence-corrected chi connectivity index (χ2v) is 19.3. The highest BCUT2D eigenvalue weighted by Crippen LogP contribution is 2.64. The first-order valence-electron chi connectivity index (χ1n) is 23.5. The maximum Gasteiger partial charge on any atom is 0.164 e. The van der Waals surface area contributed by atoms with E-state index in [0.717, 1.165) is 33.5 Å². The van der Waals surface area contributed by atoms with Crippen molar-refractivity contribution in [3.8, 4) is 73.2 Å². The molecule has 69 heavy (non-hydrogen) atoms. The van der Waals surface area contributed by atoms with E-state index in [1.54, 1.807) is 0 Å². The SMILES string of the molecule is c1ccc(-c2nc(-c3cccc(-c4cccc(-n5c6ccccc6c6c7sc8ccccc8c7ccc65)c4)c3)nc(-c3cccc4c3-c3ccccc3C43c4ccccc4-c4ccccc43)n2)cc1. The van der Waals surface area contributed by atoms with Gasteiger partial charge in [-0.25, -0.2) is 15.0 Å². The molecule has 2 aliphatic rings. The standard InChI is InChI=1S/C64H38N4S/c1-2-17-39(18-3-1)61-65-62(67-63(66-61)50-28-16-32-54-58(50)48-26-6-11-31-53(48)64(54)51-29-9-4-23-44(51)45-24-5-10-30-52(45)64)42-21-14-19-40(37-42)41-20-15-22-43(38-41)68-55-33-12-7-27-49(55)59-56(68)36-35-47-46-25-8-13-34-57(46)69-60(47)59/h1-38H. The third kappa shape index (κ3) is 5.42. The highest BCUT2D eigenvalue weighted by Gasteiger charge is 2.52. The van der Waals surface area contributed by atoms with Crippen molar-refractivity contribution < 1.29 is 0 Å². The van der Waals surface area contributed by atoms with Gasteiger partial charge in [0.05, 0.1) is 16.4 Å². The second kappa shape index (κ2) is 14.6. The number of benzene rings is 10. The van der Waals surface area contributed by atoms with Gasteiger partial charge in [0.1, 0.15) is 0 Å². The summed E-state index contributed by atoms with van der Waals surface area (Å²) in [6.45, 7) is 0. The number of nitrogens with zero attached hydrogens (tertiary/aromatic N) is 4. The van der Waals surface area contributed by atoms with Crippen LogP contribution in [0.25, 0.3) is 115 Å². The van der Waals surface area contributed by atoms with Gasteiger partial charge in [-0.2, -0.15) is 0 Å². The summed E-state index contributed by atoms with van der Waals surface area (Å²) >= 11 is 1.89. The van der Waals surface area contributed by atoms with Gasteiger partial charge in [-0.15, -0.1) is 11.3 Å². The molecule has 0 saturated carbocycles. The molecule has 1 spiro atoms. The van der Waals surface area contributed by atoms with E-state index in [1.807, 2.05) is 29.5 Å². The third-order valence-corrected chi connectivity index (χ3v) is 15.9. The van der Waals surface area contributed by atoms with Crippen molar-refractivity contribution in [1.82, 2.24) is 19.5 Å². The molecule has 0 fully saturated rings. The van der Waals surface area contributed by atoms with Crippen LogP contribution in [0.15, 0.2) is 231 Å². The molecule has 320 valence electrons. The lowest BCUT2D eigenvalue weighted by atomic mass is 9.70. The Morgan fingerprint density at radius 3 is 1.70 bits per heavy atom. The van der Waals surface area contributed by atoms with Crippen molar-refractivity contribution in [3.63, 3.8) is 0 Å². The van der Waals surface area contributed by atoms with E-state index in [4.69, 9.17) is 15.0 Å². The number of hydrogen-bond acceptors (Lipinski definition) is 4. The number of thiophene rings is 1. The fourth-order valence-corrected chi connectivity index (χ4v) is 13.1. The Morgan fingerprint density at radius 2 is 0.899 bits per heavy atom. The van der Waals surface area contributed by atoms with Crippen LogP contribution in [0.1, 0.15) is 22.3 Å². The number of hydrogen-bond donors (Lipinski definition) is 0. The van der Waals surface area contributed by atoms with E-state index in [9.17, 15) is 0 Å². The first-order valence-corrected chi connectivity index (χ1v) is 24.3. The first kappa shape index (κ1) is 38.3. The van der Waals surface area contributed by atoms with Gasteiger partial charge in [-0.3, -0.25) is 0 Å². The summed E-state index contributed by atoms with van der Waals surface area (Å²) in [5.74, 6) is 1.91. The molecule has 15 rings (SSSR count). The highest BCUT2D eigenvalue weighted by molar-refractivity contribution is 7.26. The minimum absolute atomic E-state index is 0.472. The Balaban J connectivity index is 0.893. The monoisotopic (exact) mass is 894 g/mol. The van der Waals surface area contributed by atoms with Crippen LogP contribution in [0.2, 0.25) is 0 Å². The minimum Gasteiger partial charge on any atom is -0.309 e. The zero-order valence-electron chi connectivity index (χ0n) is 37.1. The van der Waals surface area contributed by atoms with Crippen LogP contribution in [0, 0.1) is 0 Å². The number of para-hydroxylation sites is 1. The van der Waals surface area contributed by atoms with Crippen LogP contribution in [0.5, 0.6) is 0 Å². The Morgan fingerprint density at radius 1 is 0.348 bits per heavy atom. The molecule has 0 aliphatic heterocycles. The average Bonchev–Trinajstić information content (AvgIpc) is 4.15. The molecule has 0 saturated heterocycles. The summed E-state index contributed by atoms with van der Waals surface area (Å²) in [5.41, 5.74) is 18.2. The van der Waals surface area contributed by atoms with Crippen LogP contribution in [-0.4, -0.2) is 19.5 Å². The van der Waals surface area contributed by atoms with Gasteiger partial charge in [-0.1, -0.05) is 194 Å². The predicted molar refractivity (Wildman–Crippen MR) is 285 cm³/mol. The van der Waals surface area contributed by atoms with Gasteiger partial charge < -0.3 is 4.57 Å². The second-order valence-electron chi connectivity index (χ2n) is 18.2. The van der Waals surface area contributed by atoms with E-state index in [0.29, 0.717) is 17.5 Å². The van der Waals surface area contributed by atoms with Crippen LogP contribution in [-0.2, 0) is 5.41 Å². The van der Waals surface area contributed by atoms with E-state index >= 15 is 0 Å². The van der Waals surface area contributed by atoms with Crippen LogP contribution in [0.4, 0.5) is 0 Å². The molecule has 0 radical (unpaired) electrons. The van der Waals surface area contributed by atoms with Crippen LogP contribution < -0.4 is 0 Å². The zero-order chi connectivity index (χ0) is 45.2. The van der Waals surface area contributed by atoms with E-state index in [1.165, 1.54) is 86.5 Å². The maximum absolute atomic E-state index is 5.43. The molecule has 2 aliphatic carbocycles. The summed E-state index contributed by atoms with van der Waals surface area (Å²) in [5, 5.41) is 5.19. The molecule has 3 aromatic heterocycles. The van der Waals surface area contributed by atoms with Crippen molar-refractivity contribution in [2.75, 3.05) is 0 Å². The average molecular weight is 895 g/mol. The third-order valence-electron chi connectivity index (χ3n) is 14.7. The molecule has 10 aromatic carbocycles. The molecule has 0 amide bonds. The van der Waals surface area contributed by atoms with Crippen molar-refractivity contribution >= 4 is 53.3 Å². The quantitative estimate of drug-likeness (QED) is 0.173. The van der Waals surface area contributed by atoms with Gasteiger partial charge in [-0.05, 0) is 92.0 Å². The Bertz CT molecular complexity index is 4230. The first-order chi connectivity index (χ1) is 34.2. The Hall–Kier alpha value is -8.77. The van der Waals surface area contributed by atoms with E-state index in [2.05, 4.69) is 217 Å². The predicted octanol–water partition coefficient (Wildman–Crippen LogP) is 16.3. The summed E-state index contributed by atoms with van der Waals surface area (Å²) < 4.78 is 5.07. The number of rotatable bonds is 5. The zero-order valence-corrected chi connectivity index (χ0v) is 38.0. The van der Waals surface area contributed by atoms with Crippen LogP contribution >= 0.6 is 11.3 Å². The van der Waals surface area contributed by atoms with Crippen molar-refractivity contribution in [1.29, 1.82) is 0 Å². The summed E-state index contributed by atoms with van der Waals surface area (Å²) in [6.07, 6.45) is 0. The van der Waals surface area contributed by atoms with Gasteiger partial charge >= 0.3 is 0 Å². The molecule has 5 heteroatoms. The highest BCUT2D eigenvalue weighted by atomic mass is 32.1. The van der Waals surface area contributed by atoms with E-state index < -0.39 is 5.41 Å². The van der Waals surface area contributed by atoms with Gasteiger partial charge in [0.15, 0.2) is 17.5 Å². The minimum atomic E-state index is -0.472. The molecule has 4 nitrogen and oxygen atoms in total. The lowest BCUT2D eigenvalue weighted by molar-refractivity contribution is 0.794. The van der Waals surface area contributed by atoms with Crippen LogP contribution in [0.3, 0.4) is 0 Å². The Kier molecular flexibility index (Phi) is 8.12. The molecular formula is C64H38N4S. The topological polar surface area (TPSA) is 43.6 Å². The molecule has 13 aromatic rings. The number of aromatic nitrogens is 4. The smallest absolute Gasteiger partial charge is 0.164 e. The molecule has 0 bridgehead atoms. The fourth-order valence-electron chi connectivity index (χ4n) is 11.8. The van der Waals surface area contributed by atoms with Crippen molar-refractivity contribution in [2.24, 2.45) is 0 Å². The molecule has 0 atom stereocenters. The molecular weight excluding hydrogens is 857 g/mol. The maximum atomic E-state index is 5.43. The fraction of sp³-hybridized carbons (Fsp3) is 0.0156. The molecule has 0 unspecified atom stereocenters. The van der Waals surface area contributed by atoms with E-state index in [-0.39, 0.29) is 0 Å². The van der Waals surface area contributed by atoms with Crippen molar-refractivity contribution in [3.05, 3.63) is 253 Å². The lowest BCUT2D eigenvalue weighted by Gasteiger charge is -2.30. The van der Waals surface area contributed by atoms with Gasteiger partial charge in [0.25, 0.3) is 0 Å². The van der Waals surface area contributed by atoms with Crippen molar-refractivity contribution in [2.45, 2.75) is 5.41 Å². The Labute approximate surface area is 402 Å². The van der Waals surface area contributed by atoms with Gasteiger partial charge in [0, 0.05) is 53.3 Å². The lowest BCUT2D eigenvalue weighted by Crippen LogP contribution is -2.25. The normalized spacial score (nSPS) is 13.0. The summed E-state index contributed by atoms with van der Waals surface area (Å²) in [7, 11) is 0. The largest absolute Gasteiger partial charge is 0.309 e. The summed E-state index contributed by atoms with van der Waals surface area (Å²) in [4.78, 5) is 16.0.